The molecule has 0 radical (unpaired) electrons. The van der Waals surface area contributed by atoms with E-state index in [-0.39, 0.29) is 11.8 Å². The maximum atomic E-state index is 13.7. The zero-order valence-electron chi connectivity index (χ0n) is 25.2. The first-order valence-corrected chi connectivity index (χ1v) is 17.1. The third-order valence-corrected chi connectivity index (χ3v) is 10.6. The Morgan fingerprint density at radius 3 is 2.35 bits per heavy atom. The van der Waals surface area contributed by atoms with Crippen LogP contribution in [0.1, 0.15) is 60.9 Å². The normalized spacial score (nSPS) is 22.4. The molecule has 0 saturated carbocycles. The molecule has 1 N–H and O–H groups in total. The lowest BCUT2D eigenvalue weighted by Gasteiger charge is -2.41. The van der Waals surface area contributed by atoms with Crippen molar-refractivity contribution in [2.75, 3.05) is 36.1 Å². The first kappa shape index (κ1) is 29.8. The van der Waals surface area contributed by atoms with Crippen LogP contribution in [0.2, 0.25) is 0 Å². The van der Waals surface area contributed by atoms with E-state index in [2.05, 4.69) is 14.8 Å². The summed E-state index contributed by atoms with van der Waals surface area (Å²) in [7, 11) is -3.24. The van der Waals surface area contributed by atoms with Gasteiger partial charge in [0.2, 0.25) is 10.0 Å². The van der Waals surface area contributed by atoms with Gasteiger partial charge in [-0.1, -0.05) is 17.7 Å². The molecule has 230 valence electrons. The molecule has 4 heterocycles. The number of carbonyl (C=O) groups excluding carboxylic acids is 1. The second-order valence-corrected chi connectivity index (χ2v) is 14.3. The molecular weight excluding hydrogens is 567 g/mol. The van der Waals surface area contributed by atoms with Crippen LogP contribution in [0.15, 0.2) is 48.5 Å². The summed E-state index contributed by atoms with van der Waals surface area (Å²) >= 11 is 0. The number of rotatable bonds is 8. The predicted octanol–water partition coefficient (Wildman–Crippen LogP) is 5.25. The average Bonchev–Trinajstić information content (AvgIpc) is 3.42. The third kappa shape index (κ3) is 6.34. The number of hydrogen-bond acceptors (Lipinski definition) is 5. The molecule has 2 bridgehead atoms. The van der Waals surface area contributed by atoms with Crippen LogP contribution in [0.25, 0.3) is 0 Å². The molecule has 3 aliphatic rings. The maximum absolute atomic E-state index is 13.7. The number of carbonyl (C=O) groups is 1. The number of sulfonamides is 1. The van der Waals surface area contributed by atoms with Gasteiger partial charge in [0.15, 0.2) is 0 Å². The highest BCUT2D eigenvalue weighted by Crippen LogP contribution is 2.42. The quantitative estimate of drug-likeness (QED) is 0.377. The van der Waals surface area contributed by atoms with Gasteiger partial charge < -0.3 is 9.88 Å². The number of hydrogen-bond donors (Lipinski definition) is 1. The lowest BCUT2D eigenvalue weighted by molar-refractivity contribution is 0.104. The number of benzene rings is 2. The van der Waals surface area contributed by atoms with E-state index >= 15 is 0 Å². The van der Waals surface area contributed by atoms with E-state index in [0.29, 0.717) is 49.9 Å². The molecule has 0 aliphatic carbocycles. The maximum Gasteiger partial charge on any atom is 0.326 e. The Morgan fingerprint density at radius 2 is 1.70 bits per heavy atom. The Kier molecular flexibility index (Phi) is 8.32. The van der Waals surface area contributed by atoms with Crippen molar-refractivity contribution in [1.82, 2.24) is 18.8 Å². The number of aromatic nitrogens is 2. The van der Waals surface area contributed by atoms with E-state index < -0.39 is 10.0 Å². The van der Waals surface area contributed by atoms with Gasteiger partial charge >= 0.3 is 6.03 Å². The number of halogens is 1. The summed E-state index contributed by atoms with van der Waals surface area (Å²) < 4.78 is 41.8. The van der Waals surface area contributed by atoms with Crippen molar-refractivity contribution in [2.24, 2.45) is 0 Å². The highest BCUT2D eigenvalue weighted by molar-refractivity contribution is 7.88. The lowest BCUT2D eigenvalue weighted by atomic mass is 9.96. The Hall–Kier alpha value is -3.28. The number of amides is 2. The second kappa shape index (κ2) is 12.0. The summed E-state index contributed by atoms with van der Waals surface area (Å²) in [5.74, 6) is 0.650. The van der Waals surface area contributed by atoms with Crippen molar-refractivity contribution in [3.05, 3.63) is 77.1 Å². The highest BCUT2D eigenvalue weighted by atomic mass is 32.2. The fourth-order valence-electron chi connectivity index (χ4n) is 7.31. The smallest absolute Gasteiger partial charge is 0.326 e. The Labute approximate surface area is 253 Å². The molecule has 2 unspecified atom stereocenters. The molecule has 2 fully saturated rings. The largest absolute Gasteiger partial charge is 0.329 e. The fraction of sp³-hybridized carbons (Fsp3) is 0.500. The zero-order valence-corrected chi connectivity index (χ0v) is 26.0. The van der Waals surface area contributed by atoms with E-state index in [1.807, 2.05) is 38.1 Å². The minimum Gasteiger partial charge on any atom is -0.329 e. The molecule has 2 aromatic carbocycles. The molecule has 3 aromatic rings. The Morgan fingerprint density at radius 1 is 1.02 bits per heavy atom. The minimum atomic E-state index is -3.24. The van der Waals surface area contributed by atoms with Gasteiger partial charge in [-0.15, -0.1) is 0 Å². The van der Waals surface area contributed by atoms with Gasteiger partial charge in [-0.25, -0.2) is 22.6 Å². The predicted molar refractivity (Wildman–Crippen MR) is 166 cm³/mol. The number of piperidine rings is 1. The van der Waals surface area contributed by atoms with Crippen LogP contribution in [0, 0.1) is 19.7 Å². The van der Waals surface area contributed by atoms with Crippen LogP contribution in [0.3, 0.4) is 0 Å². The first-order valence-electron chi connectivity index (χ1n) is 15.2. The summed E-state index contributed by atoms with van der Waals surface area (Å²) in [6.45, 7) is 6.32. The molecule has 3 aliphatic heterocycles. The lowest BCUT2D eigenvalue weighted by Crippen LogP contribution is -2.45. The topological polar surface area (TPSA) is 90.8 Å². The van der Waals surface area contributed by atoms with Crippen molar-refractivity contribution < 1.29 is 17.6 Å². The number of fused-ring (bicyclic) bond motifs is 3. The van der Waals surface area contributed by atoms with Crippen LogP contribution in [-0.2, 0) is 23.0 Å². The molecule has 3 atom stereocenters. The third-order valence-electron chi connectivity index (χ3n) is 9.37. The molecular formula is C32H41FN6O3S. The standard InChI is InChI=1S/C32H41FN6O3S/c1-22-5-9-25(10-6-22)35-32(40)38(26-11-7-24(33)8-12-26)17-4-16-37-27-13-14-28(37)20-29(19-27)39-23(2)34-30-21-36(43(3,41)42)18-15-31(30)39/h5-12,27-29H,4,13-21H2,1-3H3,(H,35,40)/t27-,28?,29?/m1/s1. The summed E-state index contributed by atoms with van der Waals surface area (Å²) in [4.78, 5) is 22.5. The molecule has 2 amide bonds. The van der Waals surface area contributed by atoms with Crippen LogP contribution < -0.4 is 10.2 Å². The number of anilines is 2. The van der Waals surface area contributed by atoms with E-state index in [4.69, 9.17) is 4.98 Å². The van der Waals surface area contributed by atoms with Gasteiger partial charge in [-0.3, -0.25) is 9.80 Å². The number of imidazole rings is 1. The van der Waals surface area contributed by atoms with Crippen LogP contribution in [0.5, 0.6) is 0 Å². The number of urea groups is 1. The second-order valence-electron chi connectivity index (χ2n) is 12.3. The summed E-state index contributed by atoms with van der Waals surface area (Å²) in [6.07, 6.45) is 7.19. The van der Waals surface area contributed by atoms with Crippen molar-refractivity contribution in [3.8, 4) is 0 Å². The van der Waals surface area contributed by atoms with Crippen LogP contribution >= 0.6 is 0 Å². The van der Waals surface area contributed by atoms with Gasteiger partial charge in [0, 0.05) is 61.2 Å². The van der Waals surface area contributed by atoms with E-state index in [9.17, 15) is 17.6 Å². The molecule has 11 heteroatoms. The number of aryl methyl sites for hydroxylation is 2. The first-order chi connectivity index (χ1) is 20.6. The summed E-state index contributed by atoms with van der Waals surface area (Å²) in [5.41, 5.74) is 4.61. The van der Waals surface area contributed by atoms with E-state index in [1.165, 1.54) is 28.4 Å². The molecule has 0 spiro atoms. The monoisotopic (exact) mass is 608 g/mol. The van der Waals surface area contributed by atoms with Crippen molar-refractivity contribution >= 4 is 27.4 Å². The van der Waals surface area contributed by atoms with Gasteiger partial charge in [0.1, 0.15) is 11.6 Å². The molecule has 43 heavy (non-hydrogen) atoms. The SMILES string of the molecule is Cc1ccc(NC(=O)N(CCCN2C3CC[C@@H]2CC(n2c(C)nc4c2CCN(S(C)(=O)=O)C4)C3)c2ccc(F)cc2)cc1. The zero-order chi connectivity index (χ0) is 30.3. The Balaban J connectivity index is 1.11. The molecule has 1 aromatic heterocycles. The minimum absolute atomic E-state index is 0.230. The van der Waals surface area contributed by atoms with Gasteiger partial charge in [0.05, 0.1) is 18.5 Å². The average molecular weight is 609 g/mol. The molecule has 9 nitrogen and oxygen atoms in total. The highest BCUT2D eigenvalue weighted by Gasteiger charge is 2.42. The van der Waals surface area contributed by atoms with Crippen LogP contribution in [0.4, 0.5) is 20.6 Å². The summed E-state index contributed by atoms with van der Waals surface area (Å²) in [5, 5.41) is 3.00. The number of nitrogens with one attached hydrogen (secondary N) is 1. The van der Waals surface area contributed by atoms with Gasteiger partial charge in [0.25, 0.3) is 0 Å². The van der Waals surface area contributed by atoms with E-state index in [1.54, 1.807) is 17.0 Å². The van der Waals surface area contributed by atoms with Crippen molar-refractivity contribution in [2.45, 2.75) is 77.0 Å². The summed E-state index contributed by atoms with van der Waals surface area (Å²) in [6, 6.07) is 14.9. The molecule has 6 rings (SSSR count). The number of nitrogens with zero attached hydrogens (tertiary/aromatic N) is 5. The fourth-order valence-corrected chi connectivity index (χ4v) is 8.09. The van der Waals surface area contributed by atoms with Gasteiger partial charge in [-0.05, 0) is 82.3 Å². The Bertz CT molecular complexity index is 1560. The van der Waals surface area contributed by atoms with Crippen molar-refractivity contribution in [3.63, 3.8) is 0 Å². The van der Waals surface area contributed by atoms with E-state index in [0.717, 1.165) is 61.4 Å². The van der Waals surface area contributed by atoms with Crippen molar-refractivity contribution in [1.29, 1.82) is 0 Å². The van der Waals surface area contributed by atoms with Crippen LogP contribution in [-0.4, -0.2) is 71.2 Å². The van der Waals surface area contributed by atoms with Gasteiger partial charge in [-0.2, -0.15) is 4.31 Å². The molecule has 2 saturated heterocycles.